The predicted octanol–water partition coefficient (Wildman–Crippen LogP) is 13.4. The fraction of sp³-hybridized carbons (Fsp3) is 0.0385. The third kappa shape index (κ3) is 5.02. The highest BCUT2D eigenvalue weighted by molar-refractivity contribution is 6.11. The first-order chi connectivity index (χ1) is 28.2. The number of hydrogen-bond donors (Lipinski definition) is 0. The van der Waals surface area contributed by atoms with E-state index in [1.165, 1.54) is 44.1 Å². The van der Waals surface area contributed by atoms with Crippen LogP contribution >= 0.6 is 0 Å². The topological polar surface area (TPSA) is 48.8 Å². The standard InChI is InChI=1S/C52H34N4O/c1-3-12-33(13-4-1)44-31-38(32-45(54-44)34-14-5-2-6-15-34)56-47-19-10-8-17-40(47)42-28-35(22-25-48(42)56)36-21-24-41-39-16-7-9-18-46(39)55(49(41)29-36)37-23-26-50-43(30-37)52-51(57-50)20-11-27-53-52/h1-6,8-15,17-32H,7,16H2. The Bertz CT molecular complexity index is 3350. The number of benzene rings is 6. The molecule has 0 N–H and O–H groups in total. The average molecular weight is 731 g/mol. The SMILES string of the molecule is C1=Cc2c(c3ccc(-c4ccc5c(c4)c4ccccc4n5-c4cc(-c5ccccc5)nc(-c5ccccc5)c4)cc3n2-c2ccc3oc4cccnc4c3c2)CC1. The van der Waals surface area contributed by atoms with Crippen molar-refractivity contribution in [3.8, 4) is 45.0 Å². The second kappa shape index (κ2) is 12.5. The molecule has 1 aliphatic rings. The predicted molar refractivity (Wildman–Crippen MR) is 234 cm³/mol. The summed E-state index contributed by atoms with van der Waals surface area (Å²) in [6.07, 6.45) is 8.48. The van der Waals surface area contributed by atoms with E-state index in [0.29, 0.717) is 0 Å². The summed E-state index contributed by atoms with van der Waals surface area (Å²) in [6.45, 7) is 0. The number of aryl methyl sites for hydroxylation is 1. The molecule has 0 unspecified atom stereocenters. The molecule has 0 radical (unpaired) electrons. The van der Waals surface area contributed by atoms with Crippen molar-refractivity contribution in [1.82, 2.24) is 19.1 Å². The van der Waals surface area contributed by atoms with Crippen LogP contribution in [-0.4, -0.2) is 19.1 Å². The van der Waals surface area contributed by atoms with E-state index in [0.717, 1.165) is 79.8 Å². The largest absolute Gasteiger partial charge is 0.454 e. The molecule has 0 aliphatic heterocycles. The molecule has 57 heavy (non-hydrogen) atoms. The summed E-state index contributed by atoms with van der Waals surface area (Å²) < 4.78 is 11.0. The van der Waals surface area contributed by atoms with E-state index in [-0.39, 0.29) is 0 Å². The van der Waals surface area contributed by atoms with Crippen LogP contribution in [0.2, 0.25) is 0 Å². The van der Waals surface area contributed by atoms with Gasteiger partial charge in [-0.3, -0.25) is 4.98 Å². The molecule has 268 valence electrons. The van der Waals surface area contributed by atoms with E-state index in [4.69, 9.17) is 9.40 Å². The van der Waals surface area contributed by atoms with Crippen LogP contribution in [0.3, 0.4) is 0 Å². The van der Waals surface area contributed by atoms with Crippen LogP contribution in [-0.2, 0) is 6.42 Å². The van der Waals surface area contributed by atoms with E-state index < -0.39 is 0 Å². The van der Waals surface area contributed by atoms with Gasteiger partial charge in [0.2, 0.25) is 0 Å². The Morgan fingerprint density at radius 1 is 0.474 bits per heavy atom. The molecule has 1 aliphatic carbocycles. The zero-order chi connectivity index (χ0) is 37.5. The first-order valence-electron chi connectivity index (χ1n) is 19.5. The number of allylic oxidation sites excluding steroid dienone is 1. The van der Waals surface area contributed by atoms with E-state index in [1.54, 1.807) is 0 Å². The van der Waals surface area contributed by atoms with Crippen molar-refractivity contribution < 1.29 is 4.42 Å². The number of furan rings is 1. The highest BCUT2D eigenvalue weighted by Crippen LogP contribution is 2.40. The summed E-state index contributed by atoms with van der Waals surface area (Å²) in [6, 6.07) is 58.4. The minimum absolute atomic E-state index is 0.806. The normalized spacial score (nSPS) is 12.7. The smallest absolute Gasteiger partial charge is 0.153 e. The summed E-state index contributed by atoms with van der Waals surface area (Å²) in [5.41, 5.74) is 17.3. The Balaban J connectivity index is 1.04. The number of aromatic nitrogens is 4. The van der Waals surface area contributed by atoms with Gasteiger partial charge in [-0.1, -0.05) is 103 Å². The van der Waals surface area contributed by atoms with Crippen LogP contribution in [0.15, 0.2) is 180 Å². The maximum atomic E-state index is 6.16. The Morgan fingerprint density at radius 3 is 2.04 bits per heavy atom. The maximum Gasteiger partial charge on any atom is 0.153 e. The third-order valence-electron chi connectivity index (χ3n) is 11.6. The zero-order valence-electron chi connectivity index (χ0n) is 30.9. The number of para-hydroxylation sites is 1. The minimum atomic E-state index is 0.806. The van der Waals surface area contributed by atoms with E-state index in [1.807, 2.05) is 18.3 Å². The second-order valence-corrected chi connectivity index (χ2v) is 14.9. The Hall–Kier alpha value is -7.50. The zero-order valence-corrected chi connectivity index (χ0v) is 30.9. The van der Waals surface area contributed by atoms with Gasteiger partial charge >= 0.3 is 0 Å². The Labute approximate surface area is 328 Å². The van der Waals surface area contributed by atoms with Crippen LogP contribution in [0.25, 0.3) is 106 Å². The molecule has 0 bridgehead atoms. The lowest BCUT2D eigenvalue weighted by atomic mass is 9.98. The minimum Gasteiger partial charge on any atom is -0.454 e. The number of rotatable bonds is 5. The first kappa shape index (κ1) is 31.8. The maximum absolute atomic E-state index is 6.16. The summed E-state index contributed by atoms with van der Waals surface area (Å²) in [4.78, 5) is 9.85. The van der Waals surface area contributed by atoms with Crippen molar-refractivity contribution in [2.45, 2.75) is 12.8 Å². The van der Waals surface area contributed by atoms with Gasteiger partial charge in [0.15, 0.2) is 5.58 Å². The summed E-state index contributed by atoms with van der Waals surface area (Å²) in [5, 5.41) is 4.75. The van der Waals surface area contributed by atoms with Crippen molar-refractivity contribution >= 4 is 60.9 Å². The summed E-state index contributed by atoms with van der Waals surface area (Å²) >= 11 is 0. The van der Waals surface area contributed by atoms with E-state index >= 15 is 0 Å². The van der Waals surface area contributed by atoms with Crippen molar-refractivity contribution in [1.29, 1.82) is 0 Å². The van der Waals surface area contributed by atoms with Crippen molar-refractivity contribution in [3.63, 3.8) is 0 Å². The lowest BCUT2D eigenvalue weighted by Gasteiger charge is -2.13. The van der Waals surface area contributed by atoms with Gasteiger partial charge in [-0.25, -0.2) is 4.98 Å². The molecular formula is C52H34N4O. The molecule has 5 nitrogen and oxygen atoms in total. The number of fused-ring (bicyclic) bond motifs is 9. The molecule has 5 aromatic heterocycles. The molecular weight excluding hydrogens is 697 g/mol. The fourth-order valence-corrected chi connectivity index (χ4v) is 9.01. The first-order valence-corrected chi connectivity index (χ1v) is 19.5. The van der Waals surface area contributed by atoms with Crippen molar-refractivity contribution in [2.75, 3.05) is 0 Å². The highest BCUT2D eigenvalue weighted by Gasteiger charge is 2.21. The van der Waals surface area contributed by atoms with Gasteiger partial charge in [0, 0.05) is 50.2 Å². The van der Waals surface area contributed by atoms with Gasteiger partial charge in [0.05, 0.1) is 33.6 Å². The number of hydrogen-bond acceptors (Lipinski definition) is 3. The van der Waals surface area contributed by atoms with Crippen LogP contribution in [0.5, 0.6) is 0 Å². The van der Waals surface area contributed by atoms with Gasteiger partial charge in [-0.15, -0.1) is 0 Å². The van der Waals surface area contributed by atoms with Gasteiger partial charge in [-0.05, 0) is 102 Å². The van der Waals surface area contributed by atoms with Gasteiger partial charge in [-0.2, -0.15) is 0 Å². The van der Waals surface area contributed by atoms with E-state index in [2.05, 4.69) is 178 Å². The lowest BCUT2D eigenvalue weighted by molar-refractivity contribution is 0.668. The fourth-order valence-electron chi connectivity index (χ4n) is 9.01. The molecule has 6 aromatic carbocycles. The van der Waals surface area contributed by atoms with Gasteiger partial charge < -0.3 is 13.6 Å². The highest BCUT2D eigenvalue weighted by atomic mass is 16.3. The molecule has 0 atom stereocenters. The summed E-state index contributed by atoms with van der Waals surface area (Å²) in [5.74, 6) is 0. The second-order valence-electron chi connectivity index (χ2n) is 14.9. The van der Waals surface area contributed by atoms with E-state index in [9.17, 15) is 0 Å². The molecule has 0 amide bonds. The van der Waals surface area contributed by atoms with Crippen LogP contribution in [0, 0.1) is 0 Å². The molecule has 0 saturated heterocycles. The quantitative estimate of drug-likeness (QED) is 0.177. The van der Waals surface area contributed by atoms with Crippen LogP contribution < -0.4 is 0 Å². The third-order valence-corrected chi connectivity index (χ3v) is 11.6. The van der Waals surface area contributed by atoms with Gasteiger partial charge in [0.1, 0.15) is 11.1 Å². The van der Waals surface area contributed by atoms with Crippen molar-refractivity contribution in [2.24, 2.45) is 0 Å². The molecule has 5 heteroatoms. The van der Waals surface area contributed by atoms with Crippen molar-refractivity contribution in [3.05, 3.63) is 187 Å². The average Bonchev–Trinajstić information content (AvgIpc) is 3.94. The molecule has 0 saturated carbocycles. The monoisotopic (exact) mass is 730 g/mol. The number of nitrogens with zero attached hydrogens (tertiary/aromatic N) is 4. The van der Waals surface area contributed by atoms with Crippen LogP contribution in [0.4, 0.5) is 0 Å². The molecule has 0 spiro atoms. The molecule has 12 rings (SSSR count). The molecule has 11 aromatic rings. The van der Waals surface area contributed by atoms with Crippen LogP contribution in [0.1, 0.15) is 17.7 Å². The molecule has 5 heterocycles. The summed E-state index contributed by atoms with van der Waals surface area (Å²) in [7, 11) is 0. The lowest BCUT2D eigenvalue weighted by Crippen LogP contribution is -2.00. The molecule has 0 fully saturated rings. The Morgan fingerprint density at radius 2 is 1.21 bits per heavy atom. The Kier molecular flexibility index (Phi) is 6.99. The number of pyridine rings is 2. The van der Waals surface area contributed by atoms with Gasteiger partial charge in [0.25, 0.3) is 0 Å².